The molecule has 10 heteroatoms. The van der Waals surface area contributed by atoms with E-state index in [1.807, 2.05) is 6.07 Å². The molecule has 6 nitrogen and oxygen atoms in total. The molecule has 32 heavy (non-hydrogen) atoms. The van der Waals surface area contributed by atoms with Crippen LogP contribution in [-0.4, -0.2) is 47.9 Å². The van der Waals surface area contributed by atoms with Gasteiger partial charge >= 0.3 is 12.3 Å². The molecule has 1 N–H and O–H groups in total. The highest BCUT2D eigenvalue weighted by atomic mass is 79.9. The first-order chi connectivity index (χ1) is 15.0. The Morgan fingerprint density at radius 3 is 2.75 bits per heavy atom. The van der Waals surface area contributed by atoms with E-state index in [4.69, 9.17) is 4.74 Å². The number of carboxylic acid groups (broad SMARTS) is 1. The summed E-state index contributed by atoms with van der Waals surface area (Å²) in [6, 6.07) is 7.27. The van der Waals surface area contributed by atoms with Crippen molar-refractivity contribution in [2.24, 2.45) is 0 Å². The molecule has 2 atom stereocenters. The van der Waals surface area contributed by atoms with Crippen LogP contribution in [0.5, 0.6) is 11.5 Å². The molecule has 0 radical (unpaired) electrons. The van der Waals surface area contributed by atoms with Gasteiger partial charge in [0, 0.05) is 17.4 Å². The van der Waals surface area contributed by atoms with Crippen molar-refractivity contribution in [1.29, 1.82) is 0 Å². The number of nitrogens with zero attached hydrogens (tertiary/aromatic N) is 1. The van der Waals surface area contributed by atoms with Crippen LogP contribution in [0.25, 0.3) is 0 Å². The Morgan fingerprint density at radius 2 is 2.06 bits per heavy atom. The Kier molecular flexibility index (Phi) is 5.83. The minimum Gasteiger partial charge on any atom is -0.493 e. The van der Waals surface area contributed by atoms with Crippen LogP contribution in [-0.2, 0) is 11.2 Å². The van der Waals surface area contributed by atoms with Gasteiger partial charge in [-0.15, -0.1) is 13.2 Å². The summed E-state index contributed by atoms with van der Waals surface area (Å²) in [6.45, 7) is 0.600. The van der Waals surface area contributed by atoms with Crippen molar-refractivity contribution in [1.82, 2.24) is 4.90 Å². The second-order valence-electron chi connectivity index (χ2n) is 7.79. The van der Waals surface area contributed by atoms with Crippen LogP contribution in [0.2, 0.25) is 0 Å². The number of likely N-dealkylation sites (N-methyl/N-ethyl adjacent to an activating group) is 1. The van der Waals surface area contributed by atoms with Gasteiger partial charge in [-0.2, -0.15) is 0 Å². The fraction of sp³-hybridized carbons (Fsp3) is 0.364. The number of halogens is 4. The van der Waals surface area contributed by atoms with Crippen LogP contribution >= 0.6 is 15.9 Å². The van der Waals surface area contributed by atoms with Gasteiger partial charge in [-0.25, -0.2) is 0 Å². The van der Waals surface area contributed by atoms with Gasteiger partial charge in [0.1, 0.15) is 11.5 Å². The van der Waals surface area contributed by atoms with E-state index in [1.54, 1.807) is 18.2 Å². The minimum atomic E-state index is -5.00. The van der Waals surface area contributed by atoms with Gasteiger partial charge in [0.15, 0.2) is 0 Å². The van der Waals surface area contributed by atoms with Crippen molar-refractivity contribution in [3.8, 4) is 11.5 Å². The van der Waals surface area contributed by atoms with E-state index in [0.29, 0.717) is 12.2 Å². The largest absolute Gasteiger partial charge is 0.573 e. The van der Waals surface area contributed by atoms with Crippen LogP contribution < -0.4 is 9.47 Å². The smallest absolute Gasteiger partial charge is 0.493 e. The molecule has 2 aliphatic rings. The molecule has 0 fully saturated rings. The van der Waals surface area contributed by atoms with Crippen molar-refractivity contribution in [3.63, 3.8) is 0 Å². The number of rotatable bonds is 4. The molecular weight excluding hydrogens is 495 g/mol. The maximum atomic E-state index is 13.1. The lowest BCUT2D eigenvalue weighted by molar-refractivity contribution is -0.274. The molecule has 0 spiro atoms. The molecule has 0 saturated carbocycles. The van der Waals surface area contributed by atoms with E-state index >= 15 is 0 Å². The number of benzene rings is 2. The maximum Gasteiger partial charge on any atom is 0.573 e. The molecule has 0 aromatic heterocycles. The van der Waals surface area contributed by atoms with Gasteiger partial charge in [0.25, 0.3) is 5.91 Å². The highest BCUT2D eigenvalue weighted by Gasteiger charge is 2.43. The van der Waals surface area contributed by atoms with Crippen LogP contribution in [0.3, 0.4) is 0 Å². The van der Waals surface area contributed by atoms with Crippen LogP contribution in [0, 0.1) is 0 Å². The molecule has 4 rings (SSSR count). The third-order valence-corrected chi connectivity index (χ3v) is 6.21. The summed E-state index contributed by atoms with van der Waals surface area (Å²) in [6.07, 6.45) is -3.78. The molecule has 0 saturated heterocycles. The molecule has 2 aliphatic heterocycles. The number of aryl methyl sites for hydroxylation is 1. The van der Waals surface area contributed by atoms with Gasteiger partial charge in [0.2, 0.25) is 0 Å². The summed E-state index contributed by atoms with van der Waals surface area (Å²) in [7, 11) is 1.40. The van der Waals surface area contributed by atoms with E-state index in [0.717, 1.165) is 30.2 Å². The number of hydrogen-bond donors (Lipinski definition) is 1. The van der Waals surface area contributed by atoms with Gasteiger partial charge in [0.05, 0.1) is 24.6 Å². The predicted octanol–water partition coefficient (Wildman–Crippen LogP) is 4.73. The molecule has 1 amide bonds. The third kappa shape index (κ3) is 4.28. The summed E-state index contributed by atoms with van der Waals surface area (Å²) in [5, 5.41) is 9.50. The van der Waals surface area contributed by atoms with Crippen molar-refractivity contribution in [2.45, 2.75) is 37.6 Å². The standard InChI is InChI=1S/C22H19BrF3NO5/c1-27-15(10-18(28)29)19(12-4-5-16-11(7-12)3-2-6-31-16)14-8-13(23)9-17(20(14)21(27)30)32-22(24,25)26/h4-5,7-9,15,19H,2-3,6,10H2,1H3,(H,28,29). The van der Waals surface area contributed by atoms with Crippen molar-refractivity contribution in [3.05, 3.63) is 57.1 Å². The molecule has 2 aromatic rings. The van der Waals surface area contributed by atoms with Crippen molar-refractivity contribution < 1.29 is 37.3 Å². The highest BCUT2D eigenvalue weighted by Crippen LogP contribution is 2.45. The van der Waals surface area contributed by atoms with Crippen LogP contribution in [0.4, 0.5) is 13.2 Å². The number of ether oxygens (including phenoxy) is 2. The molecule has 0 aliphatic carbocycles. The second-order valence-corrected chi connectivity index (χ2v) is 8.71. The van der Waals surface area contributed by atoms with Gasteiger partial charge in [-0.05, 0) is 47.7 Å². The number of amides is 1. The van der Waals surface area contributed by atoms with E-state index in [1.165, 1.54) is 11.9 Å². The van der Waals surface area contributed by atoms with Gasteiger partial charge < -0.3 is 19.5 Å². The fourth-order valence-electron chi connectivity index (χ4n) is 4.45. The van der Waals surface area contributed by atoms with Crippen molar-refractivity contribution in [2.75, 3.05) is 13.7 Å². The lowest BCUT2D eigenvalue weighted by Crippen LogP contribution is -2.47. The Morgan fingerprint density at radius 1 is 1.31 bits per heavy atom. The zero-order valence-electron chi connectivity index (χ0n) is 16.9. The number of carboxylic acids is 1. The zero-order valence-corrected chi connectivity index (χ0v) is 18.5. The monoisotopic (exact) mass is 513 g/mol. The molecule has 2 heterocycles. The summed E-state index contributed by atoms with van der Waals surface area (Å²) in [5.41, 5.74) is 1.68. The minimum absolute atomic E-state index is 0.228. The number of aliphatic carboxylic acids is 1. The van der Waals surface area contributed by atoms with Crippen LogP contribution in [0.1, 0.15) is 45.8 Å². The topological polar surface area (TPSA) is 76.1 Å². The Labute approximate surface area is 190 Å². The first-order valence-corrected chi connectivity index (χ1v) is 10.7. The number of hydrogen-bond acceptors (Lipinski definition) is 4. The quantitative estimate of drug-likeness (QED) is 0.639. The van der Waals surface area contributed by atoms with E-state index in [9.17, 15) is 27.9 Å². The van der Waals surface area contributed by atoms with E-state index in [2.05, 4.69) is 20.7 Å². The number of fused-ring (bicyclic) bond motifs is 2. The summed E-state index contributed by atoms with van der Waals surface area (Å²) in [4.78, 5) is 25.9. The van der Waals surface area contributed by atoms with E-state index < -0.39 is 35.9 Å². The lowest BCUT2D eigenvalue weighted by Gasteiger charge is -2.40. The first kappa shape index (κ1) is 22.4. The summed E-state index contributed by atoms with van der Waals surface area (Å²) >= 11 is 3.21. The number of alkyl halides is 3. The molecule has 0 bridgehead atoms. The summed E-state index contributed by atoms with van der Waals surface area (Å²) in [5.74, 6) is -2.42. The fourth-order valence-corrected chi connectivity index (χ4v) is 4.90. The zero-order chi connectivity index (χ0) is 23.2. The van der Waals surface area contributed by atoms with E-state index in [-0.39, 0.29) is 22.0 Å². The Bertz CT molecular complexity index is 1090. The van der Waals surface area contributed by atoms with Gasteiger partial charge in [-0.3, -0.25) is 9.59 Å². The molecular formula is C22H19BrF3NO5. The third-order valence-electron chi connectivity index (χ3n) is 5.75. The Hall–Kier alpha value is -2.75. The number of carbonyl (C=O) groups excluding carboxylic acids is 1. The highest BCUT2D eigenvalue weighted by molar-refractivity contribution is 9.10. The Balaban J connectivity index is 1.93. The normalized spacial score (nSPS) is 20.3. The van der Waals surface area contributed by atoms with Crippen LogP contribution in [0.15, 0.2) is 34.8 Å². The maximum absolute atomic E-state index is 13.1. The first-order valence-electron chi connectivity index (χ1n) is 9.89. The lowest BCUT2D eigenvalue weighted by atomic mass is 9.76. The predicted molar refractivity (Wildman–Crippen MR) is 111 cm³/mol. The second kappa shape index (κ2) is 8.31. The number of carbonyl (C=O) groups is 2. The molecule has 2 unspecified atom stereocenters. The van der Waals surface area contributed by atoms with Crippen molar-refractivity contribution >= 4 is 27.8 Å². The SMILES string of the molecule is CN1C(=O)c2c(OC(F)(F)F)cc(Br)cc2C(c2ccc3c(c2)CCCO3)C1CC(=O)O. The average molecular weight is 514 g/mol. The molecule has 2 aromatic carbocycles. The molecule has 170 valence electrons. The summed E-state index contributed by atoms with van der Waals surface area (Å²) < 4.78 is 49.3. The van der Waals surface area contributed by atoms with Gasteiger partial charge in [-0.1, -0.05) is 28.1 Å². The average Bonchev–Trinajstić information content (AvgIpc) is 2.69.